The van der Waals surface area contributed by atoms with Gasteiger partial charge in [-0.25, -0.2) is 4.98 Å². The summed E-state index contributed by atoms with van der Waals surface area (Å²) in [4.78, 5) is 4.16. The van der Waals surface area contributed by atoms with E-state index < -0.39 is 0 Å². The van der Waals surface area contributed by atoms with Crippen LogP contribution in [-0.2, 0) is 0 Å². The molecule has 0 saturated carbocycles. The van der Waals surface area contributed by atoms with E-state index in [4.69, 9.17) is 5.73 Å². The van der Waals surface area contributed by atoms with Gasteiger partial charge in [0.05, 0.1) is 18.2 Å². The van der Waals surface area contributed by atoms with Gasteiger partial charge < -0.3 is 10.3 Å². The molecule has 1 aromatic heterocycles. The van der Waals surface area contributed by atoms with Crippen LogP contribution in [0.3, 0.4) is 0 Å². The van der Waals surface area contributed by atoms with E-state index in [2.05, 4.69) is 27.8 Å². The van der Waals surface area contributed by atoms with Crippen molar-refractivity contribution in [1.82, 2.24) is 9.55 Å². The van der Waals surface area contributed by atoms with E-state index in [9.17, 15) is 0 Å². The minimum absolute atomic E-state index is 0.0335. The largest absolute Gasteiger partial charge is 0.323 e. The molecule has 2 rings (SSSR count). The lowest BCUT2D eigenvalue weighted by molar-refractivity contribution is 0.660. The average Bonchev–Trinajstić information content (AvgIpc) is 2.78. The van der Waals surface area contributed by atoms with Crippen LogP contribution in [0, 0.1) is 0 Å². The summed E-state index contributed by atoms with van der Waals surface area (Å²) in [6.45, 7) is 2.07. The highest BCUT2D eigenvalue weighted by Crippen LogP contribution is 2.19. The molecular weight excluding hydrogens is 266 g/mol. The first-order valence-electron chi connectivity index (χ1n) is 5.26. The smallest absolute Gasteiger partial charge is 0.0994 e. The Morgan fingerprint density at radius 2 is 2.06 bits per heavy atom. The third kappa shape index (κ3) is 2.18. The van der Waals surface area contributed by atoms with Crippen molar-refractivity contribution in [3.05, 3.63) is 47.0 Å². The molecule has 1 atom stereocenters. The quantitative estimate of drug-likeness (QED) is 0.939. The molecule has 2 N–H and O–H groups in total. The number of hydrogen-bond donors (Lipinski definition) is 1. The molecule has 0 aliphatic heterocycles. The van der Waals surface area contributed by atoms with Crippen molar-refractivity contribution in [1.29, 1.82) is 0 Å². The van der Waals surface area contributed by atoms with Crippen molar-refractivity contribution in [2.24, 2.45) is 5.73 Å². The SMILES string of the molecule is CC[C@@H](N)c1cncn1-c1ccc(Br)cc1. The molecule has 16 heavy (non-hydrogen) atoms. The molecule has 0 aliphatic rings. The number of imidazole rings is 1. The standard InChI is InChI=1S/C12H14BrN3/c1-2-11(14)12-7-15-8-16(12)10-5-3-9(13)4-6-10/h3-8,11H,2,14H2,1H3/t11-/m1/s1. The lowest BCUT2D eigenvalue weighted by atomic mass is 10.2. The van der Waals surface area contributed by atoms with Gasteiger partial charge in [-0.2, -0.15) is 0 Å². The number of rotatable bonds is 3. The zero-order valence-electron chi connectivity index (χ0n) is 9.10. The van der Waals surface area contributed by atoms with Crippen molar-refractivity contribution in [3.8, 4) is 5.69 Å². The van der Waals surface area contributed by atoms with E-state index in [0.29, 0.717) is 0 Å². The number of halogens is 1. The Labute approximate surface area is 103 Å². The van der Waals surface area contributed by atoms with Gasteiger partial charge in [0.25, 0.3) is 0 Å². The second-order valence-electron chi connectivity index (χ2n) is 3.68. The van der Waals surface area contributed by atoms with Crippen LogP contribution >= 0.6 is 15.9 Å². The monoisotopic (exact) mass is 279 g/mol. The van der Waals surface area contributed by atoms with Gasteiger partial charge >= 0.3 is 0 Å². The zero-order chi connectivity index (χ0) is 11.5. The lowest BCUT2D eigenvalue weighted by Crippen LogP contribution is -2.13. The third-order valence-electron chi connectivity index (χ3n) is 2.59. The Bertz CT molecular complexity index is 461. The highest BCUT2D eigenvalue weighted by atomic mass is 79.9. The number of aromatic nitrogens is 2. The average molecular weight is 280 g/mol. The molecular formula is C12H14BrN3. The van der Waals surface area contributed by atoms with Gasteiger partial charge in [0.15, 0.2) is 0 Å². The molecule has 0 spiro atoms. The Hall–Kier alpha value is -1.13. The fourth-order valence-electron chi connectivity index (χ4n) is 1.61. The minimum Gasteiger partial charge on any atom is -0.323 e. The summed E-state index contributed by atoms with van der Waals surface area (Å²) < 4.78 is 3.10. The van der Waals surface area contributed by atoms with Crippen LogP contribution in [0.5, 0.6) is 0 Å². The normalized spacial score (nSPS) is 12.7. The molecule has 0 aliphatic carbocycles. The van der Waals surface area contributed by atoms with Crippen molar-refractivity contribution in [3.63, 3.8) is 0 Å². The second-order valence-corrected chi connectivity index (χ2v) is 4.60. The lowest BCUT2D eigenvalue weighted by Gasteiger charge is -2.12. The number of benzene rings is 1. The first kappa shape index (κ1) is 11.4. The predicted molar refractivity (Wildman–Crippen MR) is 68.5 cm³/mol. The van der Waals surface area contributed by atoms with E-state index >= 15 is 0 Å². The predicted octanol–water partition coefficient (Wildman–Crippen LogP) is 3.04. The van der Waals surface area contributed by atoms with Crippen LogP contribution in [0.4, 0.5) is 0 Å². The Balaban J connectivity index is 2.40. The van der Waals surface area contributed by atoms with E-state index in [0.717, 1.165) is 22.3 Å². The summed E-state index contributed by atoms with van der Waals surface area (Å²) in [6.07, 6.45) is 4.53. The number of nitrogens with two attached hydrogens (primary N) is 1. The molecule has 0 bridgehead atoms. The van der Waals surface area contributed by atoms with Gasteiger partial charge in [0.1, 0.15) is 0 Å². The second kappa shape index (κ2) is 4.80. The first-order chi connectivity index (χ1) is 7.72. The summed E-state index contributed by atoms with van der Waals surface area (Å²) >= 11 is 3.42. The van der Waals surface area contributed by atoms with Crippen LogP contribution in [0.25, 0.3) is 5.69 Å². The summed E-state index contributed by atoms with van der Waals surface area (Å²) in [6, 6.07) is 8.13. The van der Waals surface area contributed by atoms with Crippen molar-refractivity contribution in [2.75, 3.05) is 0 Å². The van der Waals surface area contributed by atoms with E-state index in [-0.39, 0.29) is 6.04 Å². The van der Waals surface area contributed by atoms with Gasteiger partial charge in [-0.1, -0.05) is 22.9 Å². The van der Waals surface area contributed by atoms with Gasteiger partial charge in [-0.3, -0.25) is 0 Å². The van der Waals surface area contributed by atoms with Gasteiger partial charge in [-0.15, -0.1) is 0 Å². The van der Waals surface area contributed by atoms with E-state index in [1.54, 1.807) is 6.33 Å². The van der Waals surface area contributed by atoms with Crippen LogP contribution in [0.1, 0.15) is 25.1 Å². The maximum absolute atomic E-state index is 6.04. The molecule has 0 amide bonds. The van der Waals surface area contributed by atoms with Crippen molar-refractivity contribution >= 4 is 15.9 Å². The Kier molecular flexibility index (Phi) is 3.41. The van der Waals surface area contributed by atoms with Crippen LogP contribution in [-0.4, -0.2) is 9.55 Å². The molecule has 84 valence electrons. The zero-order valence-corrected chi connectivity index (χ0v) is 10.7. The van der Waals surface area contributed by atoms with Gasteiger partial charge in [-0.05, 0) is 30.7 Å². The molecule has 1 heterocycles. The molecule has 4 heteroatoms. The molecule has 0 radical (unpaired) electrons. The van der Waals surface area contributed by atoms with Gasteiger partial charge in [0.2, 0.25) is 0 Å². The molecule has 1 aromatic carbocycles. The number of nitrogens with zero attached hydrogens (tertiary/aromatic N) is 2. The van der Waals surface area contributed by atoms with E-state index in [1.807, 2.05) is 35.0 Å². The molecule has 2 aromatic rings. The molecule has 0 fully saturated rings. The molecule has 0 unspecified atom stereocenters. The summed E-state index contributed by atoms with van der Waals surface area (Å²) in [7, 11) is 0. The highest BCUT2D eigenvalue weighted by Gasteiger charge is 2.10. The van der Waals surface area contributed by atoms with E-state index in [1.165, 1.54) is 0 Å². The third-order valence-corrected chi connectivity index (χ3v) is 3.12. The maximum atomic E-state index is 6.04. The summed E-state index contributed by atoms with van der Waals surface area (Å²) in [5.41, 5.74) is 8.17. The Morgan fingerprint density at radius 1 is 1.38 bits per heavy atom. The maximum Gasteiger partial charge on any atom is 0.0994 e. The highest BCUT2D eigenvalue weighted by molar-refractivity contribution is 9.10. The van der Waals surface area contributed by atoms with Crippen LogP contribution < -0.4 is 5.73 Å². The van der Waals surface area contributed by atoms with Crippen LogP contribution in [0.15, 0.2) is 41.3 Å². The topological polar surface area (TPSA) is 43.8 Å². The molecule has 0 saturated heterocycles. The van der Waals surface area contributed by atoms with Gasteiger partial charge in [0, 0.05) is 16.2 Å². The first-order valence-corrected chi connectivity index (χ1v) is 6.05. The summed E-state index contributed by atoms with van der Waals surface area (Å²) in [5, 5.41) is 0. The Morgan fingerprint density at radius 3 is 2.69 bits per heavy atom. The molecule has 3 nitrogen and oxygen atoms in total. The number of hydrogen-bond acceptors (Lipinski definition) is 2. The summed E-state index contributed by atoms with van der Waals surface area (Å²) in [5.74, 6) is 0. The fraction of sp³-hybridized carbons (Fsp3) is 0.250. The minimum atomic E-state index is 0.0335. The van der Waals surface area contributed by atoms with Crippen molar-refractivity contribution in [2.45, 2.75) is 19.4 Å². The van der Waals surface area contributed by atoms with Crippen molar-refractivity contribution < 1.29 is 0 Å². The fourth-order valence-corrected chi connectivity index (χ4v) is 1.87. The van der Waals surface area contributed by atoms with Crippen LogP contribution in [0.2, 0.25) is 0 Å².